The molecule has 1 N–H and O–H groups in total. The second kappa shape index (κ2) is 7.73. The number of benzene rings is 2. The number of nitrogens with one attached hydrogen (secondary N) is 1. The van der Waals surface area contributed by atoms with Gasteiger partial charge in [-0.3, -0.25) is 14.9 Å². The van der Waals surface area contributed by atoms with Crippen LogP contribution in [0.3, 0.4) is 0 Å². The van der Waals surface area contributed by atoms with E-state index in [9.17, 15) is 14.0 Å². The SMILES string of the molecule is O=C1NC(=S)N(c2ccccc2F)C(=O)/C1=C\c1ccc(-c2ccc(Br)cc2)o1. The van der Waals surface area contributed by atoms with E-state index in [1.165, 1.54) is 24.3 Å². The number of nitrogens with zero attached hydrogens (tertiary/aromatic N) is 1. The van der Waals surface area contributed by atoms with Gasteiger partial charge in [-0.1, -0.05) is 40.2 Å². The van der Waals surface area contributed by atoms with Crippen molar-refractivity contribution in [3.8, 4) is 11.3 Å². The zero-order valence-corrected chi connectivity index (χ0v) is 17.1. The van der Waals surface area contributed by atoms with E-state index in [4.69, 9.17) is 16.6 Å². The highest BCUT2D eigenvalue weighted by atomic mass is 79.9. The molecule has 0 spiro atoms. The quantitative estimate of drug-likeness (QED) is 0.343. The first kappa shape index (κ1) is 19.2. The van der Waals surface area contributed by atoms with Crippen LogP contribution in [0.15, 0.2) is 75.1 Å². The number of furan rings is 1. The van der Waals surface area contributed by atoms with Crippen molar-refractivity contribution >= 4 is 56.8 Å². The minimum absolute atomic E-state index is 0.0385. The van der Waals surface area contributed by atoms with Crippen molar-refractivity contribution in [1.82, 2.24) is 5.32 Å². The second-order valence-electron chi connectivity index (χ2n) is 6.12. The van der Waals surface area contributed by atoms with Gasteiger partial charge >= 0.3 is 0 Å². The number of anilines is 1. The number of halogens is 2. The number of carbonyl (C=O) groups is 2. The summed E-state index contributed by atoms with van der Waals surface area (Å²) >= 11 is 8.44. The summed E-state index contributed by atoms with van der Waals surface area (Å²) in [5, 5.41) is 2.23. The van der Waals surface area contributed by atoms with Gasteiger partial charge in [-0.25, -0.2) is 9.29 Å². The molecule has 0 saturated carbocycles. The maximum absolute atomic E-state index is 14.2. The number of hydrogen-bond acceptors (Lipinski definition) is 4. The molecule has 2 heterocycles. The minimum atomic E-state index is -0.731. The highest BCUT2D eigenvalue weighted by Gasteiger charge is 2.35. The molecule has 2 aromatic carbocycles. The van der Waals surface area contributed by atoms with Crippen LogP contribution in [-0.2, 0) is 9.59 Å². The molecule has 5 nitrogen and oxygen atoms in total. The third-order valence-electron chi connectivity index (χ3n) is 4.24. The number of thiocarbonyl (C=S) groups is 1. The predicted octanol–water partition coefficient (Wildman–Crippen LogP) is 4.68. The molecule has 8 heteroatoms. The molecule has 0 atom stereocenters. The Bertz CT molecular complexity index is 1170. The molecule has 1 saturated heterocycles. The van der Waals surface area contributed by atoms with E-state index < -0.39 is 17.6 Å². The Labute approximate surface area is 178 Å². The Morgan fingerprint density at radius 3 is 2.48 bits per heavy atom. The largest absolute Gasteiger partial charge is 0.457 e. The standard InChI is InChI=1S/C21H12BrFN2O3S/c22-13-7-5-12(6-8-13)18-10-9-14(28-18)11-15-19(26)24-21(29)25(20(15)27)17-4-2-1-3-16(17)23/h1-11H,(H,24,26,29)/b15-11-. The van der Waals surface area contributed by atoms with Crippen LogP contribution in [0, 0.1) is 5.82 Å². The summed E-state index contributed by atoms with van der Waals surface area (Å²) in [7, 11) is 0. The second-order valence-corrected chi connectivity index (χ2v) is 7.42. The summed E-state index contributed by atoms with van der Waals surface area (Å²) in [6, 6.07) is 16.6. The highest BCUT2D eigenvalue weighted by molar-refractivity contribution is 9.10. The lowest BCUT2D eigenvalue weighted by Crippen LogP contribution is -2.54. The molecule has 1 fully saturated rings. The maximum Gasteiger partial charge on any atom is 0.270 e. The molecule has 144 valence electrons. The Hall–Kier alpha value is -3.10. The van der Waals surface area contributed by atoms with Gasteiger partial charge < -0.3 is 4.42 Å². The van der Waals surface area contributed by atoms with Gasteiger partial charge in [0.15, 0.2) is 5.11 Å². The monoisotopic (exact) mass is 470 g/mol. The molecule has 4 rings (SSSR count). The summed E-state index contributed by atoms with van der Waals surface area (Å²) in [5.41, 5.74) is 0.591. The summed E-state index contributed by atoms with van der Waals surface area (Å²) < 4.78 is 20.9. The number of para-hydroxylation sites is 1. The van der Waals surface area contributed by atoms with E-state index in [1.807, 2.05) is 24.3 Å². The first-order valence-electron chi connectivity index (χ1n) is 8.46. The molecule has 0 unspecified atom stereocenters. The van der Waals surface area contributed by atoms with Gasteiger partial charge in [-0.2, -0.15) is 0 Å². The van der Waals surface area contributed by atoms with Crippen LogP contribution >= 0.6 is 28.1 Å². The molecule has 1 aliphatic rings. The smallest absolute Gasteiger partial charge is 0.270 e. The molecule has 0 bridgehead atoms. The van der Waals surface area contributed by atoms with Crippen LogP contribution in [0.2, 0.25) is 0 Å². The van der Waals surface area contributed by atoms with E-state index in [-0.39, 0.29) is 16.4 Å². The van der Waals surface area contributed by atoms with Crippen LogP contribution in [0.25, 0.3) is 17.4 Å². The molecule has 3 aromatic rings. The molecule has 0 radical (unpaired) electrons. The van der Waals surface area contributed by atoms with Crippen LogP contribution < -0.4 is 10.2 Å². The van der Waals surface area contributed by atoms with Crippen molar-refractivity contribution in [3.05, 3.63) is 82.3 Å². The van der Waals surface area contributed by atoms with Gasteiger partial charge in [0.05, 0.1) is 5.69 Å². The van der Waals surface area contributed by atoms with Crippen molar-refractivity contribution in [1.29, 1.82) is 0 Å². The lowest BCUT2D eigenvalue weighted by Gasteiger charge is -2.28. The molecule has 2 amide bonds. The molecular weight excluding hydrogens is 459 g/mol. The van der Waals surface area contributed by atoms with Gasteiger partial charge in [0.25, 0.3) is 11.8 Å². The average molecular weight is 471 g/mol. The Morgan fingerprint density at radius 1 is 1.03 bits per heavy atom. The fourth-order valence-electron chi connectivity index (χ4n) is 2.85. The van der Waals surface area contributed by atoms with E-state index in [0.29, 0.717) is 11.5 Å². The molecule has 1 aromatic heterocycles. The van der Waals surface area contributed by atoms with Crippen molar-refractivity contribution in [2.45, 2.75) is 0 Å². The molecule has 0 aliphatic carbocycles. The van der Waals surface area contributed by atoms with Crippen LogP contribution in [0.1, 0.15) is 5.76 Å². The van der Waals surface area contributed by atoms with Gasteiger partial charge in [0.2, 0.25) is 0 Å². The number of hydrogen-bond donors (Lipinski definition) is 1. The number of rotatable bonds is 3. The third-order valence-corrected chi connectivity index (χ3v) is 5.05. The topological polar surface area (TPSA) is 62.6 Å². The summed E-state index contributed by atoms with van der Waals surface area (Å²) in [4.78, 5) is 26.2. The van der Waals surface area contributed by atoms with Crippen LogP contribution in [0.4, 0.5) is 10.1 Å². The van der Waals surface area contributed by atoms with Gasteiger partial charge in [0.1, 0.15) is 22.9 Å². The van der Waals surface area contributed by atoms with E-state index in [1.54, 1.807) is 18.2 Å². The molecule has 1 aliphatic heterocycles. The lowest BCUT2D eigenvalue weighted by molar-refractivity contribution is -0.122. The summed E-state index contributed by atoms with van der Waals surface area (Å²) in [5.74, 6) is -1.15. The third kappa shape index (κ3) is 3.76. The first-order valence-corrected chi connectivity index (χ1v) is 9.66. The predicted molar refractivity (Wildman–Crippen MR) is 114 cm³/mol. The summed E-state index contributed by atoms with van der Waals surface area (Å²) in [6.07, 6.45) is 1.32. The Balaban J connectivity index is 1.68. The average Bonchev–Trinajstić information content (AvgIpc) is 3.16. The Kier molecular flexibility index (Phi) is 5.12. The van der Waals surface area contributed by atoms with Crippen molar-refractivity contribution < 1.29 is 18.4 Å². The van der Waals surface area contributed by atoms with Gasteiger partial charge in [0, 0.05) is 10.0 Å². The van der Waals surface area contributed by atoms with Gasteiger partial charge in [-0.05, 0) is 54.7 Å². The van der Waals surface area contributed by atoms with E-state index in [2.05, 4.69) is 21.2 Å². The van der Waals surface area contributed by atoms with Crippen molar-refractivity contribution in [3.63, 3.8) is 0 Å². The number of amides is 2. The zero-order valence-electron chi connectivity index (χ0n) is 14.7. The molecular formula is C21H12BrFN2O3S. The maximum atomic E-state index is 14.2. The van der Waals surface area contributed by atoms with Crippen molar-refractivity contribution in [2.75, 3.05) is 4.90 Å². The van der Waals surface area contributed by atoms with E-state index in [0.717, 1.165) is 14.9 Å². The zero-order chi connectivity index (χ0) is 20.5. The molecule has 29 heavy (non-hydrogen) atoms. The van der Waals surface area contributed by atoms with Crippen LogP contribution in [0.5, 0.6) is 0 Å². The number of carbonyl (C=O) groups excluding carboxylic acids is 2. The van der Waals surface area contributed by atoms with Crippen LogP contribution in [-0.4, -0.2) is 16.9 Å². The fraction of sp³-hybridized carbons (Fsp3) is 0. The first-order chi connectivity index (χ1) is 13.9. The lowest BCUT2D eigenvalue weighted by atomic mass is 10.1. The fourth-order valence-corrected chi connectivity index (χ4v) is 3.39. The Morgan fingerprint density at radius 2 is 1.76 bits per heavy atom. The van der Waals surface area contributed by atoms with Crippen molar-refractivity contribution in [2.24, 2.45) is 0 Å². The minimum Gasteiger partial charge on any atom is -0.457 e. The highest BCUT2D eigenvalue weighted by Crippen LogP contribution is 2.27. The normalized spacial score (nSPS) is 15.7. The van der Waals surface area contributed by atoms with E-state index >= 15 is 0 Å². The van der Waals surface area contributed by atoms with Gasteiger partial charge in [-0.15, -0.1) is 0 Å². The summed E-state index contributed by atoms with van der Waals surface area (Å²) in [6.45, 7) is 0.